The molecule has 82 valence electrons. The quantitative estimate of drug-likeness (QED) is 0.636. The standard InChI is InChI=1S/C14H20O/c1-11(2)10-14(15)9-8-13-6-4-12(3)5-7-13/h4,6-7,10,12H,5,8-9H2,1-3H3. The fourth-order valence-electron chi connectivity index (χ4n) is 1.62. The Balaban J connectivity index is 2.36. The first-order valence-electron chi connectivity index (χ1n) is 5.63. The summed E-state index contributed by atoms with van der Waals surface area (Å²) in [5.74, 6) is 0.894. The summed E-state index contributed by atoms with van der Waals surface area (Å²) >= 11 is 0. The molecule has 0 aromatic carbocycles. The summed E-state index contributed by atoms with van der Waals surface area (Å²) in [6, 6.07) is 0. The summed E-state index contributed by atoms with van der Waals surface area (Å²) in [6.45, 7) is 6.12. The Morgan fingerprint density at radius 2 is 2.27 bits per heavy atom. The van der Waals surface area contributed by atoms with E-state index in [2.05, 4.69) is 25.2 Å². The number of rotatable bonds is 4. The van der Waals surface area contributed by atoms with Crippen LogP contribution in [0.1, 0.15) is 40.0 Å². The van der Waals surface area contributed by atoms with Gasteiger partial charge in [0, 0.05) is 6.42 Å². The van der Waals surface area contributed by atoms with Crippen molar-refractivity contribution in [2.75, 3.05) is 0 Å². The van der Waals surface area contributed by atoms with E-state index in [-0.39, 0.29) is 5.78 Å². The van der Waals surface area contributed by atoms with Gasteiger partial charge in [0.15, 0.2) is 5.78 Å². The Morgan fingerprint density at radius 1 is 1.53 bits per heavy atom. The van der Waals surface area contributed by atoms with Gasteiger partial charge in [-0.2, -0.15) is 0 Å². The van der Waals surface area contributed by atoms with Crippen molar-refractivity contribution in [2.45, 2.75) is 40.0 Å². The summed E-state index contributed by atoms with van der Waals surface area (Å²) in [4.78, 5) is 11.4. The van der Waals surface area contributed by atoms with Gasteiger partial charge in [-0.3, -0.25) is 4.79 Å². The highest BCUT2D eigenvalue weighted by Crippen LogP contribution is 2.19. The third kappa shape index (κ3) is 4.78. The number of allylic oxidation sites excluding steroid dienone is 6. The van der Waals surface area contributed by atoms with Crippen LogP contribution in [0.15, 0.2) is 35.5 Å². The highest BCUT2D eigenvalue weighted by atomic mass is 16.1. The predicted octanol–water partition coefficient (Wildman–Crippen LogP) is 3.82. The summed E-state index contributed by atoms with van der Waals surface area (Å²) < 4.78 is 0. The molecule has 0 fully saturated rings. The van der Waals surface area contributed by atoms with Crippen molar-refractivity contribution in [3.8, 4) is 0 Å². The van der Waals surface area contributed by atoms with Gasteiger partial charge < -0.3 is 0 Å². The SMILES string of the molecule is CC(C)=CC(=O)CCC1=CCC(C)C=C1. The number of carbonyl (C=O) groups is 1. The lowest BCUT2D eigenvalue weighted by molar-refractivity contribution is -0.114. The second kappa shape index (κ2) is 5.69. The molecule has 0 amide bonds. The van der Waals surface area contributed by atoms with Gasteiger partial charge in [-0.1, -0.05) is 36.3 Å². The van der Waals surface area contributed by atoms with Crippen molar-refractivity contribution >= 4 is 5.78 Å². The number of carbonyl (C=O) groups excluding carboxylic acids is 1. The van der Waals surface area contributed by atoms with Crippen LogP contribution in [0.5, 0.6) is 0 Å². The van der Waals surface area contributed by atoms with Gasteiger partial charge in [0.2, 0.25) is 0 Å². The van der Waals surface area contributed by atoms with Gasteiger partial charge in [0.25, 0.3) is 0 Å². The van der Waals surface area contributed by atoms with Gasteiger partial charge in [0.05, 0.1) is 0 Å². The molecule has 0 spiro atoms. The minimum absolute atomic E-state index is 0.239. The van der Waals surface area contributed by atoms with Gasteiger partial charge in [-0.15, -0.1) is 0 Å². The van der Waals surface area contributed by atoms with Crippen molar-refractivity contribution in [3.05, 3.63) is 35.5 Å². The number of hydrogen-bond acceptors (Lipinski definition) is 1. The fourth-order valence-corrected chi connectivity index (χ4v) is 1.62. The van der Waals surface area contributed by atoms with Crippen molar-refractivity contribution in [3.63, 3.8) is 0 Å². The maximum atomic E-state index is 11.4. The lowest BCUT2D eigenvalue weighted by atomic mass is 9.95. The lowest BCUT2D eigenvalue weighted by Gasteiger charge is -2.10. The van der Waals surface area contributed by atoms with Gasteiger partial charge in [-0.05, 0) is 38.7 Å². The van der Waals surface area contributed by atoms with Crippen molar-refractivity contribution in [1.29, 1.82) is 0 Å². The first-order chi connectivity index (χ1) is 7.08. The second-order valence-corrected chi connectivity index (χ2v) is 4.54. The van der Waals surface area contributed by atoms with Crippen LogP contribution in [-0.4, -0.2) is 5.78 Å². The molecule has 0 aromatic rings. The number of ketones is 1. The van der Waals surface area contributed by atoms with E-state index >= 15 is 0 Å². The van der Waals surface area contributed by atoms with E-state index in [1.54, 1.807) is 6.08 Å². The molecule has 1 rings (SSSR count). The highest BCUT2D eigenvalue weighted by Gasteiger charge is 2.05. The normalized spacial score (nSPS) is 19.7. The molecule has 1 aliphatic rings. The fraction of sp³-hybridized carbons (Fsp3) is 0.500. The third-order valence-corrected chi connectivity index (χ3v) is 2.50. The van der Waals surface area contributed by atoms with Crippen LogP contribution in [0.25, 0.3) is 0 Å². The molecular formula is C14H20O. The monoisotopic (exact) mass is 204 g/mol. The molecule has 0 aliphatic heterocycles. The summed E-state index contributed by atoms with van der Waals surface area (Å²) in [5, 5.41) is 0. The van der Waals surface area contributed by atoms with Crippen LogP contribution in [0.4, 0.5) is 0 Å². The summed E-state index contributed by atoms with van der Waals surface area (Å²) in [6.07, 6.45) is 11.0. The maximum Gasteiger partial charge on any atom is 0.155 e. The zero-order chi connectivity index (χ0) is 11.3. The van der Waals surface area contributed by atoms with E-state index in [1.807, 2.05) is 13.8 Å². The Bertz CT molecular complexity index is 314. The van der Waals surface area contributed by atoms with E-state index in [0.29, 0.717) is 12.3 Å². The maximum absolute atomic E-state index is 11.4. The minimum atomic E-state index is 0.239. The molecule has 1 unspecified atom stereocenters. The smallest absolute Gasteiger partial charge is 0.155 e. The second-order valence-electron chi connectivity index (χ2n) is 4.54. The molecule has 0 saturated carbocycles. The molecule has 1 nitrogen and oxygen atoms in total. The molecule has 0 radical (unpaired) electrons. The zero-order valence-electron chi connectivity index (χ0n) is 9.92. The third-order valence-electron chi connectivity index (χ3n) is 2.50. The van der Waals surface area contributed by atoms with Crippen LogP contribution in [0.2, 0.25) is 0 Å². The van der Waals surface area contributed by atoms with Crippen LogP contribution < -0.4 is 0 Å². The van der Waals surface area contributed by atoms with Gasteiger partial charge in [-0.25, -0.2) is 0 Å². The summed E-state index contributed by atoms with van der Waals surface area (Å²) in [7, 11) is 0. The van der Waals surface area contributed by atoms with Crippen molar-refractivity contribution in [2.24, 2.45) is 5.92 Å². The van der Waals surface area contributed by atoms with E-state index in [4.69, 9.17) is 0 Å². The van der Waals surface area contributed by atoms with Crippen LogP contribution in [0, 0.1) is 5.92 Å². The van der Waals surface area contributed by atoms with Crippen molar-refractivity contribution in [1.82, 2.24) is 0 Å². The molecule has 0 heterocycles. The first-order valence-corrected chi connectivity index (χ1v) is 5.63. The van der Waals surface area contributed by atoms with Crippen LogP contribution >= 0.6 is 0 Å². The van der Waals surface area contributed by atoms with E-state index < -0.39 is 0 Å². The average molecular weight is 204 g/mol. The molecule has 0 N–H and O–H groups in total. The molecule has 1 heteroatoms. The largest absolute Gasteiger partial charge is 0.295 e. The Morgan fingerprint density at radius 3 is 2.80 bits per heavy atom. The number of hydrogen-bond donors (Lipinski definition) is 0. The topological polar surface area (TPSA) is 17.1 Å². The lowest BCUT2D eigenvalue weighted by Crippen LogP contribution is -1.98. The molecule has 0 bridgehead atoms. The predicted molar refractivity (Wildman–Crippen MR) is 64.7 cm³/mol. The Kier molecular flexibility index (Phi) is 4.54. The summed E-state index contributed by atoms with van der Waals surface area (Å²) in [5.41, 5.74) is 2.39. The molecule has 0 saturated heterocycles. The van der Waals surface area contributed by atoms with Crippen molar-refractivity contribution < 1.29 is 4.79 Å². The van der Waals surface area contributed by atoms with Gasteiger partial charge in [0.1, 0.15) is 0 Å². The van der Waals surface area contributed by atoms with E-state index in [0.717, 1.165) is 18.4 Å². The Hall–Kier alpha value is -1.11. The Labute approximate surface area is 92.6 Å². The molecular weight excluding hydrogens is 184 g/mol. The molecule has 15 heavy (non-hydrogen) atoms. The zero-order valence-corrected chi connectivity index (χ0v) is 9.92. The molecule has 1 atom stereocenters. The minimum Gasteiger partial charge on any atom is -0.295 e. The van der Waals surface area contributed by atoms with Gasteiger partial charge >= 0.3 is 0 Å². The van der Waals surface area contributed by atoms with Crippen LogP contribution in [-0.2, 0) is 4.79 Å². The van der Waals surface area contributed by atoms with E-state index in [1.165, 1.54) is 5.57 Å². The highest BCUT2D eigenvalue weighted by molar-refractivity contribution is 5.90. The average Bonchev–Trinajstić information content (AvgIpc) is 2.16. The molecule has 0 aromatic heterocycles. The molecule has 1 aliphatic carbocycles. The van der Waals surface area contributed by atoms with E-state index in [9.17, 15) is 4.79 Å². The first kappa shape index (κ1) is 12.0. The van der Waals surface area contributed by atoms with Crippen LogP contribution in [0.3, 0.4) is 0 Å².